The summed E-state index contributed by atoms with van der Waals surface area (Å²) in [4.78, 5) is 48.2. The Hall–Kier alpha value is -2.94. The number of amides is 3. The van der Waals surface area contributed by atoms with Gasteiger partial charge in [0.05, 0.1) is 6.10 Å². The molecule has 158 valence electrons. The number of aliphatic hydroxyl groups excluding tert-OH is 1. The maximum atomic E-state index is 12.6. The predicted molar refractivity (Wildman–Crippen MR) is 103 cm³/mol. The Labute approximate surface area is 169 Å². The molecule has 9 nitrogen and oxygen atoms in total. The van der Waals surface area contributed by atoms with Gasteiger partial charge in [0, 0.05) is 12.8 Å². The van der Waals surface area contributed by atoms with E-state index in [-0.39, 0.29) is 18.8 Å². The van der Waals surface area contributed by atoms with E-state index in [1.807, 2.05) is 6.07 Å². The minimum absolute atomic E-state index is 0.00504. The Bertz CT molecular complexity index is 737. The second-order valence-corrected chi connectivity index (χ2v) is 7.21. The van der Waals surface area contributed by atoms with Crippen LogP contribution in [0.2, 0.25) is 0 Å². The molecule has 1 aromatic rings. The zero-order valence-electron chi connectivity index (χ0n) is 16.3. The number of nitrogens with one attached hydrogen (secondary N) is 2. The summed E-state index contributed by atoms with van der Waals surface area (Å²) >= 11 is 0. The van der Waals surface area contributed by atoms with Gasteiger partial charge in [-0.25, -0.2) is 4.79 Å². The molecular weight excluding hydrogens is 378 g/mol. The van der Waals surface area contributed by atoms with Gasteiger partial charge in [-0.1, -0.05) is 30.3 Å². The molecule has 1 aliphatic carbocycles. The van der Waals surface area contributed by atoms with Gasteiger partial charge in [-0.3, -0.25) is 14.4 Å². The van der Waals surface area contributed by atoms with Crippen LogP contribution < -0.4 is 16.4 Å². The summed E-state index contributed by atoms with van der Waals surface area (Å²) in [6.07, 6.45) is -0.349. The average molecular weight is 405 g/mol. The summed E-state index contributed by atoms with van der Waals surface area (Å²) in [5.74, 6) is -1.94. The van der Waals surface area contributed by atoms with E-state index in [9.17, 15) is 24.3 Å². The van der Waals surface area contributed by atoms with Gasteiger partial charge < -0.3 is 26.2 Å². The van der Waals surface area contributed by atoms with Crippen molar-refractivity contribution in [3.05, 3.63) is 35.9 Å². The third-order valence-corrected chi connectivity index (χ3v) is 4.85. The largest absolute Gasteiger partial charge is 0.445 e. The highest BCUT2D eigenvalue weighted by atomic mass is 16.5. The molecule has 2 rings (SSSR count). The molecule has 0 heterocycles. The van der Waals surface area contributed by atoms with Crippen LogP contribution in [0.1, 0.15) is 38.2 Å². The summed E-state index contributed by atoms with van der Waals surface area (Å²) in [6.45, 7) is 1.32. The molecule has 1 aliphatic rings. The SMILES string of the molecule is C[C@@H](O)[C@H](NC(=O)OCc1ccccc1)C(=O)N[C@H](C(N)=O)[C@@H]1CCCC(=O)C1. The molecule has 0 radical (unpaired) electrons. The van der Waals surface area contributed by atoms with Gasteiger partial charge in [0.25, 0.3) is 0 Å². The number of alkyl carbamates (subject to hydrolysis) is 1. The number of carbonyl (C=O) groups is 4. The Balaban J connectivity index is 1.96. The molecule has 5 N–H and O–H groups in total. The van der Waals surface area contributed by atoms with E-state index in [4.69, 9.17) is 10.5 Å². The maximum Gasteiger partial charge on any atom is 0.408 e. The Kier molecular flexibility index (Phi) is 8.14. The van der Waals surface area contributed by atoms with Crippen molar-refractivity contribution in [2.24, 2.45) is 11.7 Å². The Morgan fingerprint density at radius 2 is 1.93 bits per heavy atom. The van der Waals surface area contributed by atoms with Crippen molar-refractivity contribution in [2.75, 3.05) is 0 Å². The van der Waals surface area contributed by atoms with E-state index in [0.29, 0.717) is 19.3 Å². The van der Waals surface area contributed by atoms with Crippen LogP contribution in [0.5, 0.6) is 0 Å². The van der Waals surface area contributed by atoms with Gasteiger partial charge >= 0.3 is 6.09 Å². The van der Waals surface area contributed by atoms with Gasteiger partial charge in [-0.15, -0.1) is 0 Å². The van der Waals surface area contributed by atoms with Crippen LogP contribution in [0.15, 0.2) is 30.3 Å². The molecular formula is C20H27N3O6. The monoisotopic (exact) mass is 405 g/mol. The second kappa shape index (κ2) is 10.6. The van der Waals surface area contributed by atoms with Crippen LogP contribution in [-0.2, 0) is 25.7 Å². The fourth-order valence-corrected chi connectivity index (χ4v) is 3.30. The molecule has 0 aromatic heterocycles. The van der Waals surface area contributed by atoms with Crippen molar-refractivity contribution in [1.82, 2.24) is 10.6 Å². The van der Waals surface area contributed by atoms with Crippen molar-refractivity contribution < 1.29 is 29.0 Å². The minimum atomic E-state index is -1.35. The van der Waals surface area contributed by atoms with E-state index in [1.165, 1.54) is 6.92 Å². The molecule has 0 spiro atoms. The van der Waals surface area contributed by atoms with Crippen molar-refractivity contribution in [3.63, 3.8) is 0 Å². The summed E-state index contributed by atoms with van der Waals surface area (Å²) in [5.41, 5.74) is 6.17. The predicted octanol–water partition coefficient (Wildman–Crippen LogP) is 0.392. The van der Waals surface area contributed by atoms with E-state index >= 15 is 0 Å². The molecule has 0 unspecified atom stereocenters. The number of nitrogens with two attached hydrogens (primary N) is 1. The number of carbonyl (C=O) groups excluding carboxylic acids is 4. The van der Waals surface area contributed by atoms with Crippen molar-refractivity contribution in [1.29, 1.82) is 0 Å². The van der Waals surface area contributed by atoms with Crippen molar-refractivity contribution in [2.45, 2.75) is 57.4 Å². The summed E-state index contributed by atoms with van der Waals surface area (Å²) in [7, 11) is 0. The lowest BCUT2D eigenvalue weighted by Gasteiger charge is -2.30. The van der Waals surface area contributed by atoms with E-state index in [1.54, 1.807) is 24.3 Å². The van der Waals surface area contributed by atoms with Gasteiger partial charge in [0.2, 0.25) is 11.8 Å². The lowest BCUT2D eigenvalue weighted by molar-refractivity contribution is -0.132. The summed E-state index contributed by atoms with van der Waals surface area (Å²) in [5, 5.41) is 14.7. The average Bonchev–Trinajstić information content (AvgIpc) is 2.68. The van der Waals surface area contributed by atoms with Crippen molar-refractivity contribution in [3.8, 4) is 0 Å². The quantitative estimate of drug-likeness (QED) is 0.492. The highest BCUT2D eigenvalue weighted by Gasteiger charge is 2.35. The third kappa shape index (κ3) is 6.86. The van der Waals surface area contributed by atoms with Crippen LogP contribution in [-0.4, -0.2) is 47.0 Å². The van der Waals surface area contributed by atoms with Gasteiger partial charge in [-0.2, -0.15) is 0 Å². The number of benzene rings is 1. The normalized spacial score (nSPS) is 19.5. The molecule has 0 bridgehead atoms. The topological polar surface area (TPSA) is 148 Å². The van der Waals surface area contributed by atoms with Crippen molar-refractivity contribution >= 4 is 23.7 Å². The van der Waals surface area contributed by atoms with Crippen LogP contribution >= 0.6 is 0 Å². The van der Waals surface area contributed by atoms with Gasteiger partial charge in [0.15, 0.2) is 0 Å². The molecule has 0 aliphatic heterocycles. The molecule has 3 amide bonds. The summed E-state index contributed by atoms with van der Waals surface area (Å²) < 4.78 is 5.06. The molecule has 0 saturated heterocycles. The van der Waals surface area contributed by atoms with E-state index in [2.05, 4.69) is 10.6 Å². The zero-order chi connectivity index (χ0) is 21.4. The lowest BCUT2D eigenvalue weighted by Crippen LogP contribution is -2.58. The van der Waals surface area contributed by atoms with Gasteiger partial charge in [0.1, 0.15) is 24.5 Å². The number of Topliss-reactive ketones (excluding diaryl/α,β-unsaturated/α-hetero) is 1. The smallest absolute Gasteiger partial charge is 0.408 e. The number of ketones is 1. The molecule has 29 heavy (non-hydrogen) atoms. The number of hydrogen-bond donors (Lipinski definition) is 4. The standard InChI is InChI=1S/C20H27N3O6/c1-12(24)16(23-20(28)29-11-13-6-3-2-4-7-13)19(27)22-17(18(21)26)14-8-5-9-15(25)10-14/h2-4,6-7,12,14,16-17,24H,5,8-11H2,1H3,(H2,21,26)(H,22,27)(H,23,28)/t12-,14-,16+,17+/m1/s1. The molecule has 1 aromatic carbocycles. The molecule has 4 atom stereocenters. The first-order valence-electron chi connectivity index (χ1n) is 9.54. The molecule has 1 saturated carbocycles. The Morgan fingerprint density at radius 3 is 2.52 bits per heavy atom. The number of primary amides is 1. The van der Waals surface area contributed by atoms with Gasteiger partial charge in [-0.05, 0) is 31.2 Å². The number of ether oxygens (including phenoxy) is 1. The number of hydrogen-bond acceptors (Lipinski definition) is 6. The second-order valence-electron chi connectivity index (χ2n) is 7.21. The first kappa shape index (κ1) is 22.4. The van der Waals surface area contributed by atoms with E-state index < -0.39 is 42.0 Å². The van der Waals surface area contributed by atoms with Crippen LogP contribution in [0.4, 0.5) is 4.79 Å². The Morgan fingerprint density at radius 1 is 1.24 bits per heavy atom. The maximum absolute atomic E-state index is 12.6. The fraction of sp³-hybridized carbons (Fsp3) is 0.500. The first-order valence-corrected chi connectivity index (χ1v) is 9.54. The molecule has 9 heteroatoms. The lowest BCUT2D eigenvalue weighted by atomic mass is 9.82. The van der Waals surface area contributed by atoms with Crippen LogP contribution in [0, 0.1) is 5.92 Å². The first-order chi connectivity index (χ1) is 13.8. The number of aliphatic hydroxyl groups is 1. The molecule has 1 fully saturated rings. The fourth-order valence-electron chi connectivity index (χ4n) is 3.30. The van der Waals surface area contributed by atoms with E-state index in [0.717, 1.165) is 5.56 Å². The third-order valence-electron chi connectivity index (χ3n) is 4.85. The number of rotatable bonds is 8. The highest BCUT2D eigenvalue weighted by Crippen LogP contribution is 2.24. The highest BCUT2D eigenvalue weighted by molar-refractivity contribution is 5.92. The summed E-state index contributed by atoms with van der Waals surface area (Å²) in [6, 6.07) is 6.55. The van der Waals surface area contributed by atoms with Crippen LogP contribution in [0.25, 0.3) is 0 Å². The zero-order valence-corrected chi connectivity index (χ0v) is 16.3. The minimum Gasteiger partial charge on any atom is -0.445 e. The van der Waals surface area contributed by atoms with Crippen LogP contribution in [0.3, 0.4) is 0 Å².